The first-order valence-corrected chi connectivity index (χ1v) is 7.94. The van der Waals surface area contributed by atoms with Gasteiger partial charge in [0.25, 0.3) is 0 Å². The van der Waals surface area contributed by atoms with E-state index in [0.717, 1.165) is 0 Å². The Morgan fingerprint density at radius 3 is 2.54 bits per heavy atom. The minimum Gasteiger partial charge on any atom is -0.490 e. The first-order chi connectivity index (χ1) is 11.6. The van der Waals surface area contributed by atoms with Crippen LogP contribution in [-0.4, -0.2) is 13.2 Å². The van der Waals surface area contributed by atoms with Crippen molar-refractivity contribution >= 4 is 23.3 Å². The number of hydrogen-bond acceptors (Lipinski definition) is 3. The molecular formula is C19H17ClFNO2. The van der Waals surface area contributed by atoms with E-state index in [1.165, 1.54) is 6.07 Å². The molecule has 124 valence electrons. The summed E-state index contributed by atoms with van der Waals surface area (Å²) in [6.07, 6.45) is 1.57. The molecule has 2 aromatic carbocycles. The molecule has 0 N–H and O–H groups in total. The second kappa shape index (κ2) is 8.37. The smallest absolute Gasteiger partial charge is 0.179 e. The van der Waals surface area contributed by atoms with E-state index in [-0.39, 0.29) is 11.1 Å². The van der Waals surface area contributed by atoms with Gasteiger partial charge in [0.05, 0.1) is 29.9 Å². The van der Waals surface area contributed by atoms with Crippen molar-refractivity contribution in [3.8, 4) is 17.6 Å². The fraction of sp³-hybridized carbons (Fsp3) is 0.211. The molecule has 0 bridgehead atoms. The van der Waals surface area contributed by atoms with Crippen molar-refractivity contribution in [2.75, 3.05) is 13.2 Å². The lowest BCUT2D eigenvalue weighted by molar-refractivity contribution is 0.288. The van der Waals surface area contributed by atoms with Crippen LogP contribution in [-0.2, 0) is 0 Å². The Morgan fingerprint density at radius 2 is 1.92 bits per heavy atom. The third-order valence-corrected chi connectivity index (χ3v) is 3.50. The third kappa shape index (κ3) is 4.06. The molecule has 2 aromatic rings. The van der Waals surface area contributed by atoms with Crippen molar-refractivity contribution in [2.45, 2.75) is 13.8 Å². The number of halogens is 2. The summed E-state index contributed by atoms with van der Waals surface area (Å²) in [5.74, 6) is 0.499. The van der Waals surface area contributed by atoms with E-state index < -0.39 is 5.82 Å². The number of rotatable bonds is 6. The van der Waals surface area contributed by atoms with E-state index in [0.29, 0.717) is 35.3 Å². The van der Waals surface area contributed by atoms with E-state index in [4.69, 9.17) is 21.1 Å². The van der Waals surface area contributed by atoms with Gasteiger partial charge in [0.2, 0.25) is 0 Å². The lowest BCUT2D eigenvalue weighted by atomic mass is 10.0. The zero-order valence-corrected chi connectivity index (χ0v) is 14.2. The van der Waals surface area contributed by atoms with Gasteiger partial charge in [0.15, 0.2) is 11.5 Å². The van der Waals surface area contributed by atoms with Gasteiger partial charge >= 0.3 is 0 Å². The maximum atomic E-state index is 13.9. The zero-order chi connectivity index (χ0) is 17.5. The molecule has 0 aromatic heterocycles. The van der Waals surface area contributed by atoms with Crippen molar-refractivity contribution < 1.29 is 13.9 Å². The Hall–Kier alpha value is -2.51. The van der Waals surface area contributed by atoms with Crippen LogP contribution in [0.1, 0.15) is 25.0 Å². The number of allylic oxidation sites excluding steroid dienone is 1. The molecule has 0 atom stereocenters. The van der Waals surface area contributed by atoms with Crippen LogP contribution in [0.3, 0.4) is 0 Å². The minimum absolute atomic E-state index is 0.204. The summed E-state index contributed by atoms with van der Waals surface area (Å²) in [6.45, 7) is 4.60. The first kappa shape index (κ1) is 17.8. The van der Waals surface area contributed by atoms with Gasteiger partial charge in [-0.2, -0.15) is 5.26 Å². The summed E-state index contributed by atoms with van der Waals surface area (Å²) < 4.78 is 25.0. The SMILES string of the molecule is CCOc1cc(C=C(C#N)c2ccccc2F)cc(Cl)c1OCC. The molecule has 0 aliphatic carbocycles. The van der Waals surface area contributed by atoms with Crippen LogP contribution in [0.4, 0.5) is 4.39 Å². The highest BCUT2D eigenvalue weighted by atomic mass is 35.5. The van der Waals surface area contributed by atoms with Gasteiger partial charge in [-0.15, -0.1) is 0 Å². The van der Waals surface area contributed by atoms with Gasteiger partial charge in [-0.05, 0) is 43.7 Å². The van der Waals surface area contributed by atoms with Crippen LogP contribution in [0.5, 0.6) is 11.5 Å². The van der Waals surface area contributed by atoms with Crippen LogP contribution < -0.4 is 9.47 Å². The van der Waals surface area contributed by atoms with Crippen LogP contribution in [0.25, 0.3) is 11.6 Å². The summed E-state index contributed by atoms with van der Waals surface area (Å²) in [5.41, 5.74) is 1.07. The predicted molar refractivity (Wildman–Crippen MR) is 93.7 cm³/mol. The highest BCUT2D eigenvalue weighted by molar-refractivity contribution is 6.32. The van der Waals surface area contributed by atoms with Crippen molar-refractivity contribution in [3.05, 3.63) is 58.4 Å². The Balaban J connectivity index is 2.51. The molecule has 0 saturated heterocycles. The molecule has 0 heterocycles. The average Bonchev–Trinajstić information content (AvgIpc) is 2.57. The average molecular weight is 346 g/mol. The fourth-order valence-corrected chi connectivity index (χ4v) is 2.51. The highest BCUT2D eigenvalue weighted by Gasteiger charge is 2.13. The summed E-state index contributed by atoms with van der Waals surface area (Å²) >= 11 is 6.26. The number of hydrogen-bond donors (Lipinski definition) is 0. The molecule has 3 nitrogen and oxygen atoms in total. The Kier molecular flexibility index (Phi) is 6.22. The van der Waals surface area contributed by atoms with Crippen molar-refractivity contribution in [2.24, 2.45) is 0 Å². The van der Waals surface area contributed by atoms with Crippen LogP contribution >= 0.6 is 11.6 Å². The molecule has 5 heteroatoms. The summed E-state index contributed by atoms with van der Waals surface area (Å²) in [6, 6.07) is 11.5. The molecule has 2 rings (SSSR count). The number of benzene rings is 2. The maximum absolute atomic E-state index is 13.9. The molecule has 0 unspecified atom stereocenters. The lowest BCUT2D eigenvalue weighted by Crippen LogP contribution is -1.99. The zero-order valence-electron chi connectivity index (χ0n) is 13.5. The Labute approximate surface area is 145 Å². The van der Waals surface area contributed by atoms with Gasteiger partial charge in [0.1, 0.15) is 5.82 Å². The maximum Gasteiger partial charge on any atom is 0.179 e. The third-order valence-electron chi connectivity index (χ3n) is 3.22. The van der Waals surface area contributed by atoms with Gasteiger partial charge in [-0.25, -0.2) is 4.39 Å². The van der Waals surface area contributed by atoms with E-state index in [9.17, 15) is 9.65 Å². The molecule has 0 amide bonds. The highest BCUT2D eigenvalue weighted by Crippen LogP contribution is 2.37. The van der Waals surface area contributed by atoms with Crippen LogP contribution in [0.15, 0.2) is 36.4 Å². The molecule has 0 aliphatic rings. The monoisotopic (exact) mass is 345 g/mol. The summed E-state index contributed by atoms with van der Waals surface area (Å²) in [5, 5.41) is 9.75. The molecule has 0 radical (unpaired) electrons. The van der Waals surface area contributed by atoms with Crippen LogP contribution in [0.2, 0.25) is 5.02 Å². The summed E-state index contributed by atoms with van der Waals surface area (Å²) in [4.78, 5) is 0. The quantitative estimate of drug-likeness (QED) is 0.524. The minimum atomic E-state index is -0.452. The molecule has 0 spiro atoms. The predicted octanol–water partition coefficient (Wildman–Crippen LogP) is 5.34. The largest absolute Gasteiger partial charge is 0.490 e. The van der Waals surface area contributed by atoms with Gasteiger partial charge < -0.3 is 9.47 Å². The number of nitrogens with zero attached hydrogens (tertiary/aromatic N) is 1. The fourth-order valence-electron chi connectivity index (χ4n) is 2.24. The summed E-state index contributed by atoms with van der Waals surface area (Å²) in [7, 11) is 0. The number of ether oxygens (including phenoxy) is 2. The molecule has 0 saturated carbocycles. The second-order valence-electron chi connectivity index (χ2n) is 4.85. The van der Waals surface area contributed by atoms with E-state index >= 15 is 0 Å². The standard InChI is InChI=1S/C19H17ClFNO2/c1-3-23-18-11-13(10-16(20)19(18)24-4-2)9-14(12-22)15-7-5-6-8-17(15)21/h5-11H,3-4H2,1-2H3. The van der Waals surface area contributed by atoms with Gasteiger partial charge in [-0.1, -0.05) is 29.8 Å². The van der Waals surface area contributed by atoms with Gasteiger partial charge in [-0.3, -0.25) is 0 Å². The van der Waals surface area contributed by atoms with E-state index in [2.05, 4.69) is 0 Å². The van der Waals surface area contributed by atoms with E-state index in [1.54, 1.807) is 36.4 Å². The van der Waals surface area contributed by atoms with Crippen molar-refractivity contribution in [3.63, 3.8) is 0 Å². The normalized spacial score (nSPS) is 11.0. The topological polar surface area (TPSA) is 42.2 Å². The van der Waals surface area contributed by atoms with Crippen molar-refractivity contribution in [1.82, 2.24) is 0 Å². The molecule has 0 fully saturated rings. The molecule has 0 aliphatic heterocycles. The molecular weight excluding hydrogens is 329 g/mol. The Morgan fingerprint density at radius 1 is 1.21 bits per heavy atom. The van der Waals surface area contributed by atoms with Crippen molar-refractivity contribution in [1.29, 1.82) is 5.26 Å². The second-order valence-corrected chi connectivity index (χ2v) is 5.25. The molecule has 24 heavy (non-hydrogen) atoms. The lowest BCUT2D eigenvalue weighted by Gasteiger charge is -2.13. The first-order valence-electron chi connectivity index (χ1n) is 7.56. The Bertz CT molecular complexity index is 796. The van der Waals surface area contributed by atoms with Gasteiger partial charge in [0, 0.05) is 5.56 Å². The van der Waals surface area contributed by atoms with Crippen LogP contribution in [0, 0.1) is 17.1 Å². The van der Waals surface area contributed by atoms with E-state index in [1.807, 2.05) is 19.9 Å². The number of nitriles is 1.